The quantitative estimate of drug-likeness (QED) is 0.647. The van der Waals surface area contributed by atoms with E-state index in [4.69, 9.17) is 0 Å². The van der Waals surface area contributed by atoms with Gasteiger partial charge in [0.2, 0.25) is 0 Å². The van der Waals surface area contributed by atoms with Crippen molar-refractivity contribution in [2.75, 3.05) is 0 Å². The first kappa shape index (κ1) is 13.1. The predicted octanol–water partition coefficient (Wildman–Crippen LogP) is 4.19. The van der Waals surface area contributed by atoms with E-state index in [-0.39, 0.29) is 5.56 Å². The number of aryl methyl sites for hydroxylation is 1. The van der Waals surface area contributed by atoms with Crippen molar-refractivity contribution in [2.45, 2.75) is 12.3 Å². The van der Waals surface area contributed by atoms with Crippen LogP contribution in [0.1, 0.15) is 11.3 Å². The molecule has 0 amide bonds. The zero-order chi connectivity index (χ0) is 14.1. The SMILES string of the molecule is Cc1cccc2cc(CBr)n(-c3ccccc3)c(=O)c12. The first-order valence-electron chi connectivity index (χ1n) is 6.48. The molecule has 1 aromatic heterocycles. The summed E-state index contributed by atoms with van der Waals surface area (Å²) in [6.45, 7) is 1.98. The fraction of sp³-hybridized carbons (Fsp3) is 0.118. The van der Waals surface area contributed by atoms with Crippen LogP contribution in [-0.4, -0.2) is 4.57 Å². The topological polar surface area (TPSA) is 22.0 Å². The van der Waals surface area contributed by atoms with E-state index in [1.165, 1.54) is 0 Å². The lowest BCUT2D eigenvalue weighted by molar-refractivity contribution is 0.943. The molecular weight excluding hydrogens is 314 g/mol. The van der Waals surface area contributed by atoms with E-state index in [2.05, 4.69) is 22.0 Å². The van der Waals surface area contributed by atoms with Crippen LogP contribution < -0.4 is 5.56 Å². The highest BCUT2D eigenvalue weighted by Gasteiger charge is 2.11. The summed E-state index contributed by atoms with van der Waals surface area (Å²) in [5, 5.41) is 2.43. The zero-order valence-electron chi connectivity index (χ0n) is 11.1. The molecule has 0 atom stereocenters. The van der Waals surface area contributed by atoms with E-state index in [9.17, 15) is 4.79 Å². The molecule has 2 aromatic carbocycles. The Labute approximate surface area is 125 Å². The molecule has 0 aliphatic rings. The molecular formula is C17H14BrNO. The van der Waals surface area contributed by atoms with Crippen molar-refractivity contribution < 1.29 is 0 Å². The fourth-order valence-electron chi connectivity index (χ4n) is 2.55. The molecule has 20 heavy (non-hydrogen) atoms. The summed E-state index contributed by atoms with van der Waals surface area (Å²) in [5.41, 5.74) is 2.91. The van der Waals surface area contributed by atoms with Gasteiger partial charge >= 0.3 is 0 Å². The van der Waals surface area contributed by atoms with Gasteiger partial charge in [-0.3, -0.25) is 9.36 Å². The van der Waals surface area contributed by atoms with Crippen molar-refractivity contribution in [3.8, 4) is 5.69 Å². The predicted molar refractivity (Wildman–Crippen MR) is 86.9 cm³/mol. The Morgan fingerprint density at radius 3 is 2.50 bits per heavy atom. The minimum absolute atomic E-state index is 0.0428. The van der Waals surface area contributed by atoms with E-state index in [0.717, 1.165) is 27.7 Å². The Bertz CT molecular complexity index is 822. The summed E-state index contributed by atoms with van der Waals surface area (Å²) >= 11 is 3.48. The summed E-state index contributed by atoms with van der Waals surface area (Å²) in [4.78, 5) is 12.9. The molecule has 0 aliphatic heterocycles. The Kier molecular flexibility index (Phi) is 3.45. The van der Waals surface area contributed by atoms with Gasteiger partial charge in [-0.1, -0.05) is 52.3 Å². The van der Waals surface area contributed by atoms with Gasteiger partial charge in [0.1, 0.15) is 0 Å². The Hall–Kier alpha value is -1.87. The third kappa shape index (κ3) is 2.08. The highest BCUT2D eigenvalue weighted by atomic mass is 79.9. The van der Waals surface area contributed by atoms with Gasteiger partial charge in [0.25, 0.3) is 5.56 Å². The van der Waals surface area contributed by atoms with Crippen molar-refractivity contribution in [1.29, 1.82) is 0 Å². The van der Waals surface area contributed by atoms with Gasteiger partial charge in [-0.25, -0.2) is 0 Å². The third-order valence-electron chi connectivity index (χ3n) is 3.48. The normalized spacial score (nSPS) is 10.9. The third-order valence-corrected chi connectivity index (χ3v) is 4.06. The van der Waals surface area contributed by atoms with Crippen molar-refractivity contribution in [3.05, 3.63) is 76.2 Å². The monoisotopic (exact) mass is 327 g/mol. The zero-order valence-corrected chi connectivity index (χ0v) is 12.7. The number of fused-ring (bicyclic) bond motifs is 1. The minimum Gasteiger partial charge on any atom is -0.280 e. The number of aromatic nitrogens is 1. The maximum Gasteiger partial charge on any atom is 0.263 e. The molecule has 0 radical (unpaired) electrons. The number of hydrogen-bond donors (Lipinski definition) is 0. The van der Waals surface area contributed by atoms with Crippen LogP contribution in [0.5, 0.6) is 0 Å². The molecule has 0 unspecified atom stereocenters. The largest absolute Gasteiger partial charge is 0.280 e. The molecule has 3 aromatic rings. The van der Waals surface area contributed by atoms with Gasteiger partial charge in [-0.05, 0) is 36.1 Å². The van der Waals surface area contributed by atoms with Crippen LogP contribution in [0.25, 0.3) is 16.5 Å². The average molecular weight is 328 g/mol. The highest BCUT2D eigenvalue weighted by molar-refractivity contribution is 9.08. The molecule has 100 valence electrons. The van der Waals surface area contributed by atoms with E-state index in [1.807, 2.05) is 55.5 Å². The smallest absolute Gasteiger partial charge is 0.263 e. The van der Waals surface area contributed by atoms with Crippen LogP contribution in [0.15, 0.2) is 59.4 Å². The van der Waals surface area contributed by atoms with Crippen LogP contribution in [0.4, 0.5) is 0 Å². The van der Waals surface area contributed by atoms with Crippen LogP contribution in [0.3, 0.4) is 0 Å². The molecule has 0 fully saturated rings. The van der Waals surface area contributed by atoms with Gasteiger partial charge in [-0.15, -0.1) is 0 Å². The van der Waals surface area contributed by atoms with Crippen molar-refractivity contribution in [3.63, 3.8) is 0 Å². The minimum atomic E-state index is 0.0428. The number of halogens is 1. The number of nitrogens with zero attached hydrogens (tertiary/aromatic N) is 1. The summed E-state index contributed by atoms with van der Waals surface area (Å²) in [5.74, 6) is 0. The Morgan fingerprint density at radius 2 is 1.80 bits per heavy atom. The number of alkyl halides is 1. The number of para-hydroxylation sites is 1. The van der Waals surface area contributed by atoms with Crippen LogP contribution in [0.2, 0.25) is 0 Å². The lowest BCUT2D eigenvalue weighted by Crippen LogP contribution is -2.22. The van der Waals surface area contributed by atoms with E-state index >= 15 is 0 Å². The van der Waals surface area contributed by atoms with Crippen molar-refractivity contribution >= 4 is 26.7 Å². The maximum absolute atomic E-state index is 12.9. The summed E-state index contributed by atoms with van der Waals surface area (Å²) < 4.78 is 1.78. The molecule has 3 heteroatoms. The van der Waals surface area contributed by atoms with Gasteiger partial charge in [0.15, 0.2) is 0 Å². The Balaban J connectivity index is 2.45. The van der Waals surface area contributed by atoms with Gasteiger partial charge < -0.3 is 0 Å². The lowest BCUT2D eigenvalue weighted by atomic mass is 10.1. The number of rotatable bonds is 2. The van der Waals surface area contributed by atoms with E-state index in [1.54, 1.807) is 4.57 Å². The Morgan fingerprint density at radius 1 is 1.05 bits per heavy atom. The standard InChI is InChI=1S/C17H14BrNO/c1-12-6-5-7-13-10-15(11-18)19(17(20)16(12)13)14-8-3-2-4-9-14/h2-10H,11H2,1H3. The van der Waals surface area contributed by atoms with E-state index < -0.39 is 0 Å². The first-order valence-corrected chi connectivity index (χ1v) is 7.60. The second-order valence-electron chi connectivity index (χ2n) is 4.78. The number of pyridine rings is 1. The van der Waals surface area contributed by atoms with Crippen LogP contribution >= 0.6 is 15.9 Å². The van der Waals surface area contributed by atoms with E-state index in [0.29, 0.717) is 5.33 Å². The molecule has 2 nitrogen and oxygen atoms in total. The molecule has 0 aliphatic carbocycles. The second kappa shape index (κ2) is 5.25. The van der Waals surface area contributed by atoms with Gasteiger partial charge in [0.05, 0.1) is 5.39 Å². The lowest BCUT2D eigenvalue weighted by Gasteiger charge is -2.14. The molecule has 0 bridgehead atoms. The second-order valence-corrected chi connectivity index (χ2v) is 5.35. The number of hydrogen-bond acceptors (Lipinski definition) is 1. The molecule has 3 rings (SSSR count). The summed E-state index contributed by atoms with van der Waals surface area (Å²) in [7, 11) is 0. The molecule has 0 saturated carbocycles. The number of benzene rings is 2. The molecule has 0 saturated heterocycles. The summed E-state index contributed by atoms with van der Waals surface area (Å²) in [6.07, 6.45) is 0. The summed E-state index contributed by atoms with van der Waals surface area (Å²) in [6, 6.07) is 17.8. The fourth-order valence-corrected chi connectivity index (χ4v) is 2.96. The molecule has 1 heterocycles. The first-order chi connectivity index (χ1) is 9.72. The highest BCUT2D eigenvalue weighted by Crippen LogP contribution is 2.20. The van der Waals surface area contributed by atoms with Gasteiger partial charge in [0, 0.05) is 16.7 Å². The van der Waals surface area contributed by atoms with Crippen LogP contribution in [0, 0.1) is 6.92 Å². The van der Waals surface area contributed by atoms with Crippen molar-refractivity contribution in [2.24, 2.45) is 0 Å². The maximum atomic E-state index is 12.9. The average Bonchev–Trinajstić information content (AvgIpc) is 2.47. The van der Waals surface area contributed by atoms with Crippen molar-refractivity contribution in [1.82, 2.24) is 4.57 Å². The van der Waals surface area contributed by atoms with Crippen LogP contribution in [-0.2, 0) is 5.33 Å². The molecule has 0 N–H and O–H groups in total. The molecule has 0 spiro atoms. The van der Waals surface area contributed by atoms with Gasteiger partial charge in [-0.2, -0.15) is 0 Å².